The topological polar surface area (TPSA) is 56.6 Å². The van der Waals surface area contributed by atoms with Crippen LogP contribution < -0.4 is 5.43 Å². The van der Waals surface area contributed by atoms with Crippen molar-refractivity contribution in [2.75, 3.05) is 0 Å². The summed E-state index contributed by atoms with van der Waals surface area (Å²) in [5.74, 6) is 0. The van der Waals surface area contributed by atoms with Crippen molar-refractivity contribution in [1.82, 2.24) is 4.98 Å². The summed E-state index contributed by atoms with van der Waals surface area (Å²) in [6.07, 6.45) is 1.98. The number of H-pyrrole nitrogens is 1. The molecule has 0 saturated heterocycles. The van der Waals surface area contributed by atoms with Gasteiger partial charge in [-0.25, -0.2) is 0 Å². The minimum absolute atomic E-state index is 0.00209. The minimum Gasteiger partial charge on any atom is -0.361 e. The van der Waals surface area contributed by atoms with Gasteiger partial charge in [-0.1, -0.05) is 6.07 Å². The molecule has 68 valence electrons. The molecule has 0 aliphatic rings. The molecule has 0 fully saturated rings. The highest BCUT2D eigenvalue weighted by molar-refractivity contribution is 5.78. The third kappa shape index (κ3) is 1.38. The maximum absolute atomic E-state index is 11.4. The Balaban J connectivity index is 2.69. The van der Waals surface area contributed by atoms with E-state index in [0.29, 0.717) is 11.8 Å². The van der Waals surface area contributed by atoms with Gasteiger partial charge >= 0.3 is 0 Å². The largest absolute Gasteiger partial charge is 0.361 e. The van der Waals surface area contributed by atoms with E-state index < -0.39 is 0 Å². The van der Waals surface area contributed by atoms with Crippen molar-refractivity contribution in [1.29, 1.82) is 5.26 Å². The molecule has 0 aliphatic carbocycles. The molecule has 2 aromatic rings. The summed E-state index contributed by atoms with van der Waals surface area (Å²) in [5.41, 5.74) is 1.70. The van der Waals surface area contributed by atoms with Crippen molar-refractivity contribution >= 4 is 10.9 Å². The first-order valence-electron chi connectivity index (χ1n) is 4.28. The van der Waals surface area contributed by atoms with Crippen LogP contribution in [0.1, 0.15) is 5.56 Å². The average molecular weight is 184 g/mol. The second-order valence-corrected chi connectivity index (χ2v) is 3.06. The van der Waals surface area contributed by atoms with Crippen molar-refractivity contribution < 1.29 is 0 Å². The van der Waals surface area contributed by atoms with Crippen LogP contribution in [0.3, 0.4) is 0 Å². The molecule has 0 atom stereocenters. The van der Waals surface area contributed by atoms with E-state index in [9.17, 15) is 4.79 Å². The molecule has 0 aliphatic heterocycles. The number of nitrogens with zero attached hydrogens (tertiary/aromatic N) is 1. The van der Waals surface area contributed by atoms with Crippen LogP contribution in [-0.4, -0.2) is 4.98 Å². The number of nitrogens with one attached hydrogen (secondary N) is 1. The summed E-state index contributed by atoms with van der Waals surface area (Å²) < 4.78 is 0. The summed E-state index contributed by atoms with van der Waals surface area (Å²) >= 11 is 0. The molecule has 2 rings (SSSR count). The van der Waals surface area contributed by atoms with Crippen LogP contribution in [0.4, 0.5) is 0 Å². The van der Waals surface area contributed by atoms with Gasteiger partial charge in [-0.05, 0) is 17.7 Å². The highest BCUT2D eigenvalue weighted by Gasteiger charge is 1.98. The van der Waals surface area contributed by atoms with E-state index in [-0.39, 0.29) is 5.43 Å². The van der Waals surface area contributed by atoms with Crippen molar-refractivity contribution in [2.45, 2.75) is 6.42 Å². The van der Waals surface area contributed by atoms with E-state index in [2.05, 4.69) is 11.1 Å². The number of nitriles is 1. The summed E-state index contributed by atoms with van der Waals surface area (Å²) in [4.78, 5) is 14.3. The molecule has 0 spiro atoms. The Morgan fingerprint density at radius 1 is 1.36 bits per heavy atom. The Morgan fingerprint density at radius 2 is 2.21 bits per heavy atom. The summed E-state index contributed by atoms with van der Waals surface area (Å²) in [6.45, 7) is 0. The predicted molar refractivity (Wildman–Crippen MR) is 53.9 cm³/mol. The van der Waals surface area contributed by atoms with Gasteiger partial charge in [-0.15, -0.1) is 0 Å². The number of aromatic amines is 1. The molecule has 3 heteroatoms. The fraction of sp³-hybridized carbons (Fsp3) is 0.0909. The maximum atomic E-state index is 11.4. The third-order valence-electron chi connectivity index (χ3n) is 2.11. The second kappa shape index (κ2) is 3.35. The summed E-state index contributed by atoms with van der Waals surface area (Å²) in [6, 6.07) is 8.95. The SMILES string of the molecule is N#CCc1ccc2c(=O)cc[nH]c2c1. The predicted octanol–water partition coefficient (Wildman–Crippen LogP) is 1.59. The van der Waals surface area contributed by atoms with Crippen molar-refractivity contribution in [3.05, 3.63) is 46.2 Å². The maximum Gasteiger partial charge on any atom is 0.189 e. The number of fused-ring (bicyclic) bond motifs is 1. The molecule has 0 radical (unpaired) electrons. The van der Waals surface area contributed by atoms with Gasteiger partial charge in [0.25, 0.3) is 0 Å². The Labute approximate surface area is 80.6 Å². The molecule has 0 saturated carbocycles. The first-order chi connectivity index (χ1) is 6.81. The van der Waals surface area contributed by atoms with E-state index in [0.717, 1.165) is 11.1 Å². The number of rotatable bonds is 1. The van der Waals surface area contributed by atoms with Crippen LogP contribution in [-0.2, 0) is 6.42 Å². The lowest BCUT2D eigenvalue weighted by Gasteiger charge is -1.98. The normalized spacial score (nSPS) is 9.93. The zero-order valence-corrected chi connectivity index (χ0v) is 7.45. The smallest absolute Gasteiger partial charge is 0.189 e. The van der Waals surface area contributed by atoms with Gasteiger partial charge in [-0.2, -0.15) is 5.26 Å². The van der Waals surface area contributed by atoms with E-state index >= 15 is 0 Å². The Kier molecular flexibility index (Phi) is 2.04. The molecule has 0 bridgehead atoms. The van der Waals surface area contributed by atoms with Gasteiger partial charge in [0, 0.05) is 23.2 Å². The van der Waals surface area contributed by atoms with Crippen LogP contribution in [0.5, 0.6) is 0 Å². The molecule has 14 heavy (non-hydrogen) atoms. The lowest BCUT2D eigenvalue weighted by atomic mass is 10.1. The second-order valence-electron chi connectivity index (χ2n) is 3.06. The molecule has 1 aromatic carbocycles. The van der Waals surface area contributed by atoms with Crippen molar-refractivity contribution in [3.8, 4) is 6.07 Å². The van der Waals surface area contributed by atoms with E-state index in [4.69, 9.17) is 5.26 Å². The molecule has 3 nitrogen and oxygen atoms in total. The van der Waals surface area contributed by atoms with Crippen molar-refractivity contribution in [3.63, 3.8) is 0 Å². The van der Waals surface area contributed by atoms with Gasteiger partial charge in [0.15, 0.2) is 5.43 Å². The molecule has 1 aromatic heterocycles. The van der Waals surface area contributed by atoms with Gasteiger partial charge < -0.3 is 4.98 Å². The monoisotopic (exact) mass is 184 g/mol. The van der Waals surface area contributed by atoms with Gasteiger partial charge in [-0.3, -0.25) is 4.79 Å². The lowest BCUT2D eigenvalue weighted by molar-refractivity contribution is 1.26. The average Bonchev–Trinajstić information content (AvgIpc) is 2.18. The first-order valence-corrected chi connectivity index (χ1v) is 4.28. The van der Waals surface area contributed by atoms with Gasteiger partial charge in [0.1, 0.15) is 0 Å². The number of aromatic nitrogens is 1. The number of hydrogen-bond acceptors (Lipinski definition) is 2. The quantitative estimate of drug-likeness (QED) is 0.731. The fourth-order valence-electron chi connectivity index (χ4n) is 1.42. The summed E-state index contributed by atoms with van der Waals surface area (Å²) in [5, 5.41) is 9.19. The van der Waals surface area contributed by atoms with E-state index in [1.54, 1.807) is 18.3 Å². The molecule has 0 unspecified atom stereocenters. The van der Waals surface area contributed by atoms with Crippen molar-refractivity contribution in [2.24, 2.45) is 0 Å². The summed E-state index contributed by atoms with van der Waals surface area (Å²) in [7, 11) is 0. The Hall–Kier alpha value is -2.08. The van der Waals surface area contributed by atoms with Crippen LogP contribution in [0.2, 0.25) is 0 Å². The Morgan fingerprint density at radius 3 is 3.00 bits per heavy atom. The number of benzene rings is 1. The third-order valence-corrected chi connectivity index (χ3v) is 2.11. The zero-order chi connectivity index (χ0) is 9.97. The van der Waals surface area contributed by atoms with Gasteiger partial charge in [0.2, 0.25) is 0 Å². The van der Waals surface area contributed by atoms with Crippen LogP contribution >= 0.6 is 0 Å². The molecule has 1 N–H and O–H groups in total. The molecule has 1 heterocycles. The van der Waals surface area contributed by atoms with Crippen LogP contribution in [0.15, 0.2) is 35.3 Å². The highest BCUT2D eigenvalue weighted by Crippen LogP contribution is 2.09. The standard InChI is InChI=1S/C11H8N2O/c12-5-3-8-1-2-9-10(7-8)13-6-4-11(9)14/h1-2,4,6-7H,3H2,(H,13,14). The molecular weight excluding hydrogens is 176 g/mol. The van der Waals surface area contributed by atoms with E-state index in [1.165, 1.54) is 6.07 Å². The first kappa shape index (κ1) is 8.52. The lowest BCUT2D eigenvalue weighted by Crippen LogP contribution is -2.00. The number of hydrogen-bond donors (Lipinski definition) is 1. The van der Waals surface area contributed by atoms with Crippen LogP contribution in [0, 0.1) is 11.3 Å². The number of pyridine rings is 1. The van der Waals surface area contributed by atoms with Gasteiger partial charge in [0.05, 0.1) is 12.5 Å². The Bertz CT molecular complexity index is 563. The molecule has 0 amide bonds. The van der Waals surface area contributed by atoms with E-state index in [1.807, 2.05) is 6.07 Å². The zero-order valence-electron chi connectivity index (χ0n) is 7.45. The minimum atomic E-state index is 0.00209. The highest BCUT2D eigenvalue weighted by atomic mass is 16.1. The van der Waals surface area contributed by atoms with Crippen LogP contribution in [0.25, 0.3) is 10.9 Å². The fourth-order valence-corrected chi connectivity index (χ4v) is 1.42. The molecular formula is C11H8N2O.